The van der Waals surface area contributed by atoms with Crippen LogP contribution < -0.4 is 4.90 Å². The molecule has 2 aromatic rings. The van der Waals surface area contributed by atoms with Crippen LogP contribution in [0.2, 0.25) is 0 Å². The molecule has 0 saturated heterocycles. The van der Waals surface area contributed by atoms with Gasteiger partial charge in [-0.05, 0) is 42.0 Å². The van der Waals surface area contributed by atoms with Crippen LogP contribution in [0.1, 0.15) is 23.3 Å². The normalized spacial score (nSPS) is 14.6. The summed E-state index contributed by atoms with van der Waals surface area (Å²) in [4.78, 5) is 2.99. The van der Waals surface area contributed by atoms with E-state index < -0.39 is 11.6 Å². The molecule has 1 aromatic heterocycles. The molecule has 0 amide bonds. The molecular formula is C15H14BrF2NS. The summed E-state index contributed by atoms with van der Waals surface area (Å²) in [5.41, 5.74) is 0.737. The molecule has 1 saturated carbocycles. The first-order chi connectivity index (χ1) is 9.69. The van der Waals surface area contributed by atoms with Gasteiger partial charge in [-0.25, -0.2) is 8.78 Å². The van der Waals surface area contributed by atoms with E-state index in [4.69, 9.17) is 0 Å². The van der Waals surface area contributed by atoms with Crippen molar-refractivity contribution in [1.29, 1.82) is 0 Å². The van der Waals surface area contributed by atoms with Crippen LogP contribution in [-0.2, 0) is 11.9 Å². The number of anilines is 1. The van der Waals surface area contributed by atoms with Gasteiger partial charge in [-0.3, -0.25) is 0 Å². The Balaban J connectivity index is 1.95. The molecule has 0 spiro atoms. The van der Waals surface area contributed by atoms with Crippen LogP contribution in [-0.4, -0.2) is 6.04 Å². The highest BCUT2D eigenvalue weighted by atomic mass is 79.9. The van der Waals surface area contributed by atoms with Gasteiger partial charge in [0.15, 0.2) is 0 Å². The summed E-state index contributed by atoms with van der Waals surface area (Å²) < 4.78 is 28.5. The van der Waals surface area contributed by atoms with Crippen LogP contribution >= 0.6 is 27.3 Å². The fourth-order valence-corrected chi connectivity index (χ4v) is 3.34. The van der Waals surface area contributed by atoms with E-state index in [-0.39, 0.29) is 11.7 Å². The molecule has 3 rings (SSSR count). The average molecular weight is 358 g/mol. The third-order valence-electron chi connectivity index (χ3n) is 3.41. The lowest BCUT2D eigenvalue weighted by Gasteiger charge is -2.25. The van der Waals surface area contributed by atoms with E-state index in [1.165, 1.54) is 12.1 Å². The Hall–Kier alpha value is -0.940. The van der Waals surface area contributed by atoms with E-state index in [0.29, 0.717) is 17.4 Å². The standard InChI is InChI=1S/C15H14BrF2NS/c16-8-10-6-13(17)15(14(18)7-10)19(11-3-4-11)9-12-2-1-5-20-12/h1-2,5-7,11H,3-4,8-9H2. The van der Waals surface area contributed by atoms with Crippen molar-refractivity contribution < 1.29 is 8.78 Å². The number of thiophene rings is 1. The van der Waals surface area contributed by atoms with Crippen molar-refractivity contribution in [2.75, 3.05) is 4.90 Å². The predicted octanol–water partition coefficient (Wildman–Crippen LogP) is 5.09. The molecular weight excluding hydrogens is 344 g/mol. The number of nitrogens with zero attached hydrogens (tertiary/aromatic N) is 1. The van der Waals surface area contributed by atoms with Crippen molar-refractivity contribution in [3.63, 3.8) is 0 Å². The first-order valence-electron chi connectivity index (χ1n) is 6.52. The highest BCUT2D eigenvalue weighted by Gasteiger charge is 2.32. The number of benzene rings is 1. The lowest BCUT2D eigenvalue weighted by atomic mass is 10.2. The highest BCUT2D eigenvalue weighted by Crippen LogP contribution is 2.37. The van der Waals surface area contributed by atoms with Crippen LogP contribution in [0.25, 0.3) is 0 Å². The zero-order valence-corrected chi connectivity index (χ0v) is 13.2. The number of halogens is 3. The minimum absolute atomic E-state index is 0.116. The van der Waals surface area contributed by atoms with Crippen molar-refractivity contribution in [3.8, 4) is 0 Å². The summed E-state index contributed by atoms with van der Waals surface area (Å²) in [6, 6.07) is 7.05. The third kappa shape index (κ3) is 2.88. The van der Waals surface area contributed by atoms with E-state index in [9.17, 15) is 8.78 Å². The number of hydrogen-bond acceptors (Lipinski definition) is 2. The van der Waals surface area contributed by atoms with Gasteiger partial charge < -0.3 is 4.90 Å². The predicted molar refractivity (Wildman–Crippen MR) is 82.5 cm³/mol. The van der Waals surface area contributed by atoms with Gasteiger partial charge in [0, 0.05) is 16.2 Å². The fraction of sp³-hybridized carbons (Fsp3) is 0.333. The van der Waals surface area contributed by atoms with Crippen LogP contribution in [0.3, 0.4) is 0 Å². The van der Waals surface area contributed by atoms with E-state index in [1.807, 2.05) is 22.4 Å². The molecule has 0 unspecified atom stereocenters. The fourth-order valence-electron chi connectivity index (χ4n) is 2.32. The van der Waals surface area contributed by atoms with Crippen molar-refractivity contribution >= 4 is 33.0 Å². The van der Waals surface area contributed by atoms with Gasteiger partial charge in [0.05, 0.1) is 6.54 Å². The van der Waals surface area contributed by atoms with Gasteiger partial charge in [-0.1, -0.05) is 22.0 Å². The monoisotopic (exact) mass is 357 g/mol. The number of hydrogen-bond donors (Lipinski definition) is 0. The van der Waals surface area contributed by atoms with Crippen molar-refractivity contribution in [2.45, 2.75) is 30.8 Å². The Kier molecular flexibility index (Phi) is 4.08. The molecule has 106 valence electrons. The smallest absolute Gasteiger partial charge is 0.149 e. The molecule has 1 aromatic carbocycles. The quantitative estimate of drug-likeness (QED) is 0.673. The topological polar surface area (TPSA) is 3.24 Å². The Labute approximate surface area is 129 Å². The van der Waals surface area contributed by atoms with Gasteiger partial charge in [-0.2, -0.15) is 0 Å². The second-order valence-corrected chi connectivity index (χ2v) is 6.57. The molecule has 1 nitrogen and oxygen atoms in total. The summed E-state index contributed by atoms with van der Waals surface area (Å²) in [5, 5.41) is 2.44. The molecule has 1 aliphatic carbocycles. The molecule has 1 aliphatic rings. The van der Waals surface area contributed by atoms with Crippen LogP contribution in [0, 0.1) is 11.6 Å². The maximum absolute atomic E-state index is 14.3. The van der Waals surface area contributed by atoms with E-state index in [1.54, 1.807) is 11.3 Å². The molecule has 1 fully saturated rings. The minimum Gasteiger partial charge on any atom is -0.359 e. The number of alkyl halides is 1. The Morgan fingerprint density at radius 3 is 2.45 bits per heavy atom. The van der Waals surface area contributed by atoms with Crippen molar-refractivity contribution in [1.82, 2.24) is 0 Å². The van der Waals surface area contributed by atoms with Crippen LogP contribution in [0.4, 0.5) is 14.5 Å². The SMILES string of the molecule is Fc1cc(CBr)cc(F)c1N(Cc1cccs1)C1CC1. The molecule has 0 N–H and O–H groups in total. The molecule has 20 heavy (non-hydrogen) atoms. The van der Waals surface area contributed by atoms with Crippen LogP contribution in [0.5, 0.6) is 0 Å². The van der Waals surface area contributed by atoms with Gasteiger partial charge in [0.2, 0.25) is 0 Å². The average Bonchev–Trinajstić information content (AvgIpc) is 3.14. The zero-order valence-electron chi connectivity index (χ0n) is 10.8. The zero-order chi connectivity index (χ0) is 14.1. The van der Waals surface area contributed by atoms with Gasteiger partial charge in [-0.15, -0.1) is 11.3 Å². The summed E-state index contributed by atoms with van der Waals surface area (Å²) in [7, 11) is 0. The summed E-state index contributed by atoms with van der Waals surface area (Å²) >= 11 is 4.85. The molecule has 0 bridgehead atoms. The molecule has 0 aliphatic heterocycles. The Morgan fingerprint density at radius 1 is 1.25 bits per heavy atom. The first-order valence-corrected chi connectivity index (χ1v) is 8.52. The molecule has 0 radical (unpaired) electrons. The Morgan fingerprint density at radius 2 is 1.95 bits per heavy atom. The largest absolute Gasteiger partial charge is 0.359 e. The highest BCUT2D eigenvalue weighted by molar-refractivity contribution is 9.08. The molecule has 1 heterocycles. The third-order valence-corrected chi connectivity index (χ3v) is 4.92. The van der Waals surface area contributed by atoms with Crippen molar-refractivity contribution in [2.24, 2.45) is 0 Å². The van der Waals surface area contributed by atoms with Gasteiger partial charge in [0.25, 0.3) is 0 Å². The van der Waals surface area contributed by atoms with E-state index in [0.717, 1.165) is 17.7 Å². The number of rotatable bonds is 5. The summed E-state index contributed by atoms with van der Waals surface area (Å²) in [6.45, 7) is 0.573. The second-order valence-electron chi connectivity index (χ2n) is 4.98. The van der Waals surface area contributed by atoms with E-state index >= 15 is 0 Å². The maximum Gasteiger partial charge on any atom is 0.149 e. The molecule has 5 heteroatoms. The second kappa shape index (κ2) is 5.82. The summed E-state index contributed by atoms with van der Waals surface area (Å²) in [5.74, 6) is -0.939. The summed E-state index contributed by atoms with van der Waals surface area (Å²) in [6.07, 6.45) is 2.01. The van der Waals surface area contributed by atoms with Gasteiger partial charge in [0.1, 0.15) is 17.3 Å². The van der Waals surface area contributed by atoms with E-state index in [2.05, 4.69) is 15.9 Å². The molecule has 0 atom stereocenters. The lowest BCUT2D eigenvalue weighted by Crippen LogP contribution is -2.26. The van der Waals surface area contributed by atoms with Crippen LogP contribution in [0.15, 0.2) is 29.6 Å². The van der Waals surface area contributed by atoms with Gasteiger partial charge >= 0.3 is 0 Å². The minimum atomic E-state index is -0.470. The van der Waals surface area contributed by atoms with Crippen molar-refractivity contribution in [3.05, 3.63) is 51.7 Å². The maximum atomic E-state index is 14.3. The Bertz CT molecular complexity index is 573. The first kappa shape index (κ1) is 14.0. The lowest BCUT2D eigenvalue weighted by molar-refractivity contribution is 0.566.